The number of amides is 2. The molecule has 4 heterocycles. The molecule has 2 unspecified atom stereocenters. The van der Waals surface area contributed by atoms with Crippen molar-refractivity contribution < 1.29 is 14.3 Å². The van der Waals surface area contributed by atoms with Crippen LogP contribution in [-0.2, 0) is 4.79 Å². The predicted octanol–water partition coefficient (Wildman–Crippen LogP) is 1.13. The number of carbonyl (C=O) groups excluding carboxylic acids is 2. The summed E-state index contributed by atoms with van der Waals surface area (Å²) in [5.41, 5.74) is 1.48. The van der Waals surface area contributed by atoms with Crippen molar-refractivity contribution in [2.24, 2.45) is 5.92 Å². The average Bonchev–Trinajstić information content (AvgIpc) is 3.25. The molecule has 2 aliphatic heterocycles. The van der Waals surface area contributed by atoms with Gasteiger partial charge < -0.3 is 19.9 Å². The number of ether oxygens (including phenoxy) is 1. The Bertz CT molecular complexity index is 876. The molecule has 158 valence electrons. The van der Waals surface area contributed by atoms with E-state index in [0.29, 0.717) is 18.7 Å². The first-order valence-electron chi connectivity index (χ1n) is 10.3. The topological polar surface area (TPSA) is 101 Å². The SMILES string of the molecule is CCOc1ncc(C(=O)NCC2CCN2C(=O)C2CCN(c3ccncc3)C2)cn1. The van der Waals surface area contributed by atoms with Crippen LogP contribution >= 0.6 is 0 Å². The number of carbonyl (C=O) groups is 2. The summed E-state index contributed by atoms with van der Waals surface area (Å²) < 4.78 is 5.19. The molecule has 1 N–H and O–H groups in total. The number of pyridine rings is 1. The molecule has 2 amide bonds. The van der Waals surface area contributed by atoms with Crippen molar-refractivity contribution in [3.05, 3.63) is 42.5 Å². The second-order valence-electron chi connectivity index (χ2n) is 7.51. The summed E-state index contributed by atoms with van der Waals surface area (Å²) in [4.78, 5) is 41.5. The van der Waals surface area contributed by atoms with Gasteiger partial charge in [0.25, 0.3) is 5.91 Å². The Kier molecular flexibility index (Phi) is 6.06. The highest BCUT2D eigenvalue weighted by Crippen LogP contribution is 2.28. The highest BCUT2D eigenvalue weighted by atomic mass is 16.5. The molecule has 9 nitrogen and oxygen atoms in total. The van der Waals surface area contributed by atoms with Crippen molar-refractivity contribution >= 4 is 17.5 Å². The molecule has 2 saturated heterocycles. The van der Waals surface area contributed by atoms with E-state index in [4.69, 9.17) is 4.74 Å². The van der Waals surface area contributed by atoms with Crippen LogP contribution in [0.15, 0.2) is 36.9 Å². The van der Waals surface area contributed by atoms with Crippen LogP contribution in [0.2, 0.25) is 0 Å². The summed E-state index contributed by atoms with van der Waals surface area (Å²) in [5.74, 6) is -0.0697. The Morgan fingerprint density at radius 2 is 1.93 bits per heavy atom. The quantitative estimate of drug-likeness (QED) is 0.730. The summed E-state index contributed by atoms with van der Waals surface area (Å²) in [5, 5.41) is 2.89. The maximum atomic E-state index is 13.0. The van der Waals surface area contributed by atoms with Gasteiger partial charge >= 0.3 is 6.01 Å². The molecule has 2 atom stereocenters. The van der Waals surface area contributed by atoms with Gasteiger partial charge in [0, 0.05) is 56.7 Å². The van der Waals surface area contributed by atoms with E-state index in [9.17, 15) is 9.59 Å². The van der Waals surface area contributed by atoms with Gasteiger partial charge in [-0.15, -0.1) is 0 Å². The molecule has 2 aliphatic rings. The van der Waals surface area contributed by atoms with Crippen LogP contribution in [0.4, 0.5) is 5.69 Å². The number of rotatable bonds is 7. The van der Waals surface area contributed by atoms with E-state index in [1.807, 2.05) is 24.0 Å². The standard InChI is InChI=1S/C21H26N6O3/c1-2-30-21-24-11-16(12-25-21)19(28)23-13-18-6-10-27(18)20(29)15-5-9-26(14-15)17-3-7-22-8-4-17/h3-4,7-8,11-12,15,18H,2,5-6,9-10,13-14H2,1H3,(H,23,28). The van der Waals surface area contributed by atoms with E-state index < -0.39 is 0 Å². The third kappa shape index (κ3) is 4.34. The fourth-order valence-electron chi connectivity index (χ4n) is 3.88. The first-order chi connectivity index (χ1) is 14.7. The fraction of sp³-hybridized carbons (Fsp3) is 0.476. The number of anilines is 1. The Hall–Kier alpha value is -3.23. The van der Waals surface area contributed by atoms with Crippen LogP contribution in [0, 0.1) is 5.92 Å². The van der Waals surface area contributed by atoms with E-state index in [1.54, 1.807) is 12.4 Å². The van der Waals surface area contributed by atoms with Crippen molar-refractivity contribution in [3.63, 3.8) is 0 Å². The van der Waals surface area contributed by atoms with Crippen molar-refractivity contribution in [2.45, 2.75) is 25.8 Å². The molecule has 9 heteroatoms. The smallest absolute Gasteiger partial charge is 0.316 e. The largest absolute Gasteiger partial charge is 0.464 e. The normalized spacial score (nSPS) is 20.6. The Morgan fingerprint density at radius 1 is 1.17 bits per heavy atom. The van der Waals surface area contributed by atoms with Crippen LogP contribution in [-0.4, -0.2) is 70.5 Å². The highest BCUT2D eigenvalue weighted by molar-refractivity contribution is 5.93. The van der Waals surface area contributed by atoms with E-state index in [0.717, 1.165) is 38.2 Å². The van der Waals surface area contributed by atoms with Crippen LogP contribution in [0.5, 0.6) is 6.01 Å². The van der Waals surface area contributed by atoms with Gasteiger partial charge in [0.15, 0.2) is 0 Å². The number of hydrogen-bond acceptors (Lipinski definition) is 7. The van der Waals surface area contributed by atoms with E-state index in [-0.39, 0.29) is 29.8 Å². The van der Waals surface area contributed by atoms with E-state index in [2.05, 4.69) is 25.2 Å². The molecule has 0 bridgehead atoms. The Labute approximate surface area is 175 Å². The first kappa shape index (κ1) is 20.1. The van der Waals surface area contributed by atoms with Gasteiger partial charge in [-0.2, -0.15) is 0 Å². The molecule has 4 rings (SSSR count). The Balaban J connectivity index is 1.26. The lowest BCUT2D eigenvalue weighted by molar-refractivity contribution is -0.142. The maximum Gasteiger partial charge on any atom is 0.316 e. The van der Waals surface area contributed by atoms with Crippen LogP contribution in [0.25, 0.3) is 0 Å². The van der Waals surface area contributed by atoms with Crippen LogP contribution in [0.3, 0.4) is 0 Å². The third-order valence-corrected chi connectivity index (χ3v) is 5.65. The van der Waals surface area contributed by atoms with Gasteiger partial charge in [-0.25, -0.2) is 9.97 Å². The van der Waals surface area contributed by atoms with Crippen LogP contribution < -0.4 is 15.0 Å². The molecule has 0 aromatic carbocycles. The molecule has 30 heavy (non-hydrogen) atoms. The molecule has 0 aliphatic carbocycles. The predicted molar refractivity (Wildman–Crippen MR) is 110 cm³/mol. The second-order valence-corrected chi connectivity index (χ2v) is 7.51. The summed E-state index contributed by atoms with van der Waals surface area (Å²) in [6.07, 6.45) is 8.18. The van der Waals surface area contributed by atoms with E-state index >= 15 is 0 Å². The molecule has 0 radical (unpaired) electrons. The zero-order valence-corrected chi connectivity index (χ0v) is 17.0. The molecular formula is C21H26N6O3. The number of nitrogens with zero attached hydrogens (tertiary/aromatic N) is 5. The molecule has 0 saturated carbocycles. The minimum Gasteiger partial charge on any atom is -0.464 e. The minimum atomic E-state index is -0.248. The van der Waals surface area contributed by atoms with Gasteiger partial charge in [-0.3, -0.25) is 14.6 Å². The monoisotopic (exact) mass is 410 g/mol. The van der Waals surface area contributed by atoms with Gasteiger partial charge in [-0.05, 0) is 31.9 Å². The zero-order valence-electron chi connectivity index (χ0n) is 17.0. The minimum absolute atomic E-state index is 0.00354. The maximum absolute atomic E-state index is 13.0. The third-order valence-electron chi connectivity index (χ3n) is 5.65. The molecular weight excluding hydrogens is 384 g/mol. The lowest BCUT2D eigenvalue weighted by Crippen LogP contribution is -2.57. The number of hydrogen-bond donors (Lipinski definition) is 1. The fourth-order valence-corrected chi connectivity index (χ4v) is 3.88. The van der Waals surface area contributed by atoms with Gasteiger partial charge in [0.1, 0.15) is 0 Å². The first-order valence-corrected chi connectivity index (χ1v) is 10.3. The van der Waals surface area contributed by atoms with Crippen molar-refractivity contribution in [1.29, 1.82) is 0 Å². The summed E-state index contributed by atoms with van der Waals surface area (Å²) in [7, 11) is 0. The summed E-state index contributed by atoms with van der Waals surface area (Å²) >= 11 is 0. The highest BCUT2D eigenvalue weighted by Gasteiger charge is 2.38. The van der Waals surface area contributed by atoms with Crippen molar-refractivity contribution in [2.75, 3.05) is 37.7 Å². The summed E-state index contributed by atoms with van der Waals surface area (Å²) in [6, 6.07) is 4.24. The van der Waals surface area contributed by atoms with Gasteiger partial charge in [0.05, 0.1) is 24.1 Å². The second kappa shape index (κ2) is 9.06. The summed E-state index contributed by atoms with van der Waals surface area (Å²) in [6.45, 7) is 5.08. The van der Waals surface area contributed by atoms with Gasteiger partial charge in [0.2, 0.25) is 5.91 Å². The number of nitrogens with one attached hydrogen (secondary N) is 1. The zero-order chi connectivity index (χ0) is 20.9. The molecule has 2 aromatic rings. The number of aromatic nitrogens is 3. The van der Waals surface area contributed by atoms with Crippen LogP contribution in [0.1, 0.15) is 30.1 Å². The van der Waals surface area contributed by atoms with Crippen molar-refractivity contribution in [1.82, 2.24) is 25.2 Å². The van der Waals surface area contributed by atoms with E-state index in [1.165, 1.54) is 12.4 Å². The van der Waals surface area contributed by atoms with Gasteiger partial charge in [-0.1, -0.05) is 0 Å². The number of likely N-dealkylation sites (tertiary alicyclic amines) is 1. The average molecular weight is 410 g/mol. The lowest BCUT2D eigenvalue weighted by atomic mass is 9.98. The lowest BCUT2D eigenvalue weighted by Gasteiger charge is -2.42. The molecule has 0 spiro atoms. The molecule has 2 fully saturated rings. The Morgan fingerprint density at radius 3 is 2.60 bits per heavy atom. The van der Waals surface area contributed by atoms with Crippen molar-refractivity contribution in [3.8, 4) is 6.01 Å². The molecule has 2 aromatic heterocycles.